The summed E-state index contributed by atoms with van der Waals surface area (Å²) in [6.45, 7) is 0.477. The number of ether oxygens (including phenoxy) is 1. The smallest absolute Gasteiger partial charge is 0.254 e. The van der Waals surface area contributed by atoms with E-state index in [0.717, 1.165) is 32.8 Å². The molecule has 1 aliphatic heterocycles. The van der Waals surface area contributed by atoms with Crippen molar-refractivity contribution in [3.8, 4) is 5.75 Å². The molecule has 0 aromatic heterocycles. The molecule has 7 rings (SSSR count). The van der Waals surface area contributed by atoms with Crippen LogP contribution in [0, 0.1) is 35.5 Å². The molecule has 31 heavy (non-hydrogen) atoms. The lowest BCUT2D eigenvalue weighted by Gasteiger charge is -2.37. The Balaban J connectivity index is 1.16. The van der Waals surface area contributed by atoms with Gasteiger partial charge in [0, 0.05) is 0 Å². The summed E-state index contributed by atoms with van der Waals surface area (Å²) >= 11 is 3.54. The summed E-state index contributed by atoms with van der Waals surface area (Å²) in [5, 5.41) is 5.41. The lowest BCUT2D eigenvalue weighted by molar-refractivity contribution is -0.140. The number of hydrogen-bond donors (Lipinski definition) is 0. The Kier molecular flexibility index (Phi) is 4.39. The molecule has 2 bridgehead atoms. The van der Waals surface area contributed by atoms with Gasteiger partial charge in [0.05, 0.1) is 22.5 Å². The van der Waals surface area contributed by atoms with Gasteiger partial charge in [-0.25, -0.2) is 0 Å². The number of benzene rings is 2. The zero-order valence-electron chi connectivity index (χ0n) is 16.7. The second-order valence-electron chi connectivity index (χ2n) is 8.85. The van der Waals surface area contributed by atoms with Gasteiger partial charge >= 0.3 is 0 Å². The van der Waals surface area contributed by atoms with Gasteiger partial charge in [0.1, 0.15) is 12.4 Å². The predicted molar refractivity (Wildman–Crippen MR) is 119 cm³/mol. The molecule has 156 valence electrons. The molecule has 5 aliphatic rings. The van der Waals surface area contributed by atoms with Crippen LogP contribution in [0.5, 0.6) is 5.75 Å². The van der Waals surface area contributed by atoms with Crippen LogP contribution in [0.25, 0.3) is 0 Å². The lowest BCUT2D eigenvalue weighted by Crippen LogP contribution is -2.40. The topological polar surface area (TPSA) is 59.0 Å². The third-order valence-electron chi connectivity index (χ3n) is 7.15. The van der Waals surface area contributed by atoms with Crippen molar-refractivity contribution < 1.29 is 14.3 Å². The van der Waals surface area contributed by atoms with Crippen LogP contribution in [-0.4, -0.2) is 23.0 Å². The fraction of sp³-hybridized carbons (Fsp3) is 0.320. The number of carbonyl (C=O) groups is 2. The van der Waals surface area contributed by atoms with E-state index < -0.39 is 0 Å². The molecule has 2 saturated carbocycles. The molecular weight excluding hydrogens is 456 g/mol. The van der Waals surface area contributed by atoms with Gasteiger partial charge in [0.2, 0.25) is 0 Å². The molecular formula is C25H21BrN2O3. The fourth-order valence-electron chi connectivity index (χ4n) is 5.63. The van der Waals surface area contributed by atoms with Crippen molar-refractivity contribution in [1.29, 1.82) is 0 Å². The molecule has 2 aromatic carbocycles. The Bertz CT molecular complexity index is 1090. The zero-order chi connectivity index (χ0) is 21.1. The largest absolute Gasteiger partial charge is 0.488 e. The van der Waals surface area contributed by atoms with E-state index in [-0.39, 0.29) is 35.5 Å². The van der Waals surface area contributed by atoms with Crippen LogP contribution in [0.2, 0.25) is 0 Å². The standard InChI is InChI=1S/C25H21BrN2O3/c26-20-10-15(6-9-21(20)31-13-14-4-2-1-3-5-14)12-27-28-24(29)22-16-7-8-17(19-11-18(16)19)23(22)25(28)30/h1-10,12,16-19,22-23H,11,13H2/b27-12+/t16-,17-,18-,19-,22+,23+/m1/s1. The Hall–Kier alpha value is -2.73. The van der Waals surface area contributed by atoms with E-state index in [2.05, 4.69) is 33.2 Å². The first kappa shape index (κ1) is 19.0. The normalized spacial score (nSPS) is 32.5. The number of amides is 2. The minimum Gasteiger partial charge on any atom is -0.488 e. The lowest BCUT2D eigenvalue weighted by atomic mass is 9.63. The number of nitrogens with zero attached hydrogens (tertiary/aromatic N) is 2. The Morgan fingerprint density at radius 1 is 1.00 bits per heavy atom. The summed E-state index contributed by atoms with van der Waals surface area (Å²) < 4.78 is 6.68. The van der Waals surface area contributed by atoms with E-state index in [9.17, 15) is 9.59 Å². The highest BCUT2D eigenvalue weighted by Gasteiger charge is 2.67. The maximum Gasteiger partial charge on any atom is 0.254 e. The number of rotatable bonds is 5. The Morgan fingerprint density at radius 3 is 2.32 bits per heavy atom. The molecule has 4 aliphatic carbocycles. The molecule has 1 heterocycles. The maximum absolute atomic E-state index is 13.0. The predicted octanol–water partition coefficient (Wildman–Crippen LogP) is 4.42. The summed E-state index contributed by atoms with van der Waals surface area (Å²) in [6.07, 6.45) is 7.08. The summed E-state index contributed by atoms with van der Waals surface area (Å²) in [6, 6.07) is 15.6. The molecule has 0 unspecified atom stereocenters. The number of hydrogen-bond acceptors (Lipinski definition) is 4. The van der Waals surface area contributed by atoms with Crippen molar-refractivity contribution in [2.45, 2.75) is 13.0 Å². The van der Waals surface area contributed by atoms with Crippen LogP contribution in [0.1, 0.15) is 17.5 Å². The average molecular weight is 477 g/mol. The van der Waals surface area contributed by atoms with Gasteiger partial charge in [0.15, 0.2) is 0 Å². The monoisotopic (exact) mass is 476 g/mol. The number of halogens is 1. The van der Waals surface area contributed by atoms with Crippen LogP contribution in [0.4, 0.5) is 0 Å². The first-order valence-electron chi connectivity index (χ1n) is 10.7. The number of allylic oxidation sites excluding steroid dienone is 2. The van der Waals surface area contributed by atoms with E-state index in [4.69, 9.17) is 4.74 Å². The van der Waals surface area contributed by atoms with E-state index in [1.165, 1.54) is 0 Å². The molecule has 0 radical (unpaired) electrons. The maximum atomic E-state index is 13.0. The minimum absolute atomic E-state index is 0.141. The Morgan fingerprint density at radius 2 is 1.68 bits per heavy atom. The van der Waals surface area contributed by atoms with E-state index >= 15 is 0 Å². The van der Waals surface area contributed by atoms with Gasteiger partial charge < -0.3 is 4.74 Å². The fourth-order valence-corrected chi connectivity index (χ4v) is 6.14. The highest BCUT2D eigenvalue weighted by Crippen LogP contribution is 2.65. The second-order valence-corrected chi connectivity index (χ2v) is 9.71. The van der Waals surface area contributed by atoms with E-state index in [0.29, 0.717) is 18.4 Å². The molecule has 1 saturated heterocycles. The molecule has 5 nitrogen and oxygen atoms in total. The molecule has 0 N–H and O–H groups in total. The van der Waals surface area contributed by atoms with Crippen molar-refractivity contribution in [3.63, 3.8) is 0 Å². The van der Waals surface area contributed by atoms with Gasteiger partial charge in [0.25, 0.3) is 11.8 Å². The molecule has 3 fully saturated rings. The summed E-state index contributed by atoms with van der Waals surface area (Å²) in [5.41, 5.74) is 1.88. The quantitative estimate of drug-likeness (QED) is 0.364. The summed E-state index contributed by atoms with van der Waals surface area (Å²) in [4.78, 5) is 26.0. The molecule has 2 aromatic rings. The van der Waals surface area contributed by atoms with E-state index in [1.54, 1.807) is 6.21 Å². The zero-order valence-corrected chi connectivity index (χ0v) is 18.3. The summed E-state index contributed by atoms with van der Waals surface area (Å²) in [5.74, 6) is 1.62. The van der Waals surface area contributed by atoms with Crippen LogP contribution in [0.3, 0.4) is 0 Å². The SMILES string of the molecule is O=C1[C@H]2[C@@H]3C=C[C@H]([C@H]4C[C@H]34)[C@@H]2C(=O)N1/N=C/c1ccc(OCc2ccccc2)c(Br)c1. The summed E-state index contributed by atoms with van der Waals surface area (Å²) in [7, 11) is 0. The van der Waals surface area contributed by atoms with Crippen LogP contribution >= 0.6 is 15.9 Å². The van der Waals surface area contributed by atoms with Gasteiger partial charge in [-0.1, -0.05) is 42.5 Å². The van der Waals surface area contributed by atoms with Crippen molar-refractivity contribution in [2.24, 2.45) is 40.6 Å². The molecule has 0 spiro atoms. The van der Waals surface area contributed by atoms with Gasteiger partial charge in [-0.05, 0) is 75.3 Å². The van der Waals surface area contributed by atoms with Crippen molar-refractivity contribution >= 4 is 34.0 Å². The van der Waals surface area contributed by atoms with Crippen molar-refractivity contribution in [2.75, 3.05) is 0 Å². The van der Waals surface area contributed by atoms with Crippen molar-refractivity contribution in [3.05, 3.63) is 76.3 Å². The number of carbonyl (C=O) groups excluding carboxylic acids is 2. The van der Waals surface area contributed by atoms with Gasteiger partial charge in [-0.2, -0.15) is 10.1 Å². The second kappa shape index (κ2) is 7.16. The van der Waals surface area contributed by atoms with E-state index in [1.807, 2.05) is 48.5 Å². The van der Waals surface area contributed by atoms with Gasteiger partial charge in [-0.15, -0.1) is 0 Å². The Labute approximate surface area is 188 Å². The highest BCUT2D eigenvalue weighted by molar-refractivity contribution is 9.10. The number of hydrazone groups is 1. The minimum atomic E-state index is -0.219. The third kappa shape index (κ3) is 3.07. The van der Waals surface area contributed by atoms with Crippen molar-refractivity contribution in [1.82, 2.24) is 5.01 Å². The highest BCUT2D eigenvalue weighted by atomic mass is 79.9. The third-order valence-corrected chi connectivity index (χ3v) is 7.77. The van der Waals surface area contributed by atoms with Crippen LogP contribution in [0.15, 0.2) is 70.3 Å². The molecule has 6 atom stereocenters. The number of imide groups is 1. The van der Waals surface area contributed by atoms with Gasteiger partial charge in [-0.3, -0.25) is 9.59 Å². The first-order chi connectivity index (χ1) is 15.1. The average Bonchev–Trinajstić information content (AvgIpc) is 3.57. The van der Waals surface area contributed by atoms with Crippen LogP contribution in [-0.2, 0) is 16.2 Å². The molecule has 6 heteroatoms. The first-order valence-corrected chi connectivity index (χ1v) is 11.5. The van der Waals surface area contributed by atoms with Crippen LogP contribution < -0.4 is 4.74 Å². The molecule has 2 amide bonds.